The molecule has 6 atom stereocenters. The minimum atomic E-state index is -5.09. The monoisotopic (exact) mass is 726 g/mol. The average Bonchev–Trinajstić information content (AvgIpc) is 3.07. The van der Waals surface area contributed by atoms with Gasteiger partial charge in [0.15, 0.2) is 6.10 Å². The molecule has 290 valence electrons. The highest BCUT2D eigenvalue weighted by molar-refractivity contribution is 7.47. The molecule has 0 saturated heterocycles. The third-order valence-corrected chi connectivity index (χ3v) is 9.93. The second kappa shape index (κ2) is 27.5. The Bertz CT molecular complexity index is 891. The van der Waals surface area contributed by atoms with Crippen molar-refractivity contribution in [2.75, 3.05) is 13.2 Å². The lowest BCUT2D eigenvalue weighted by Crippen LogP contribution is -2.64. The molecule has 6 unspecified atom stereocenters. The number of aliphatic hydroxyl groups is 5. The number of hydrogen-bond donors (Lipinski definition) is 6. The van der Waals surface area contributed by atoms with Crippen LogP contribution >= 0.6 is 7.82 Å². The van der Waals surface area contributed by atoms with E-state index in [2.05, 4.69) is 13.8 Å². The van der Waals surface area contributed by atoms with Crippen molar-refractivity contribution >= 4 is 19.8 Å². The van der Waals surface area contributed by atoms with Gasteiger partial charge in [0.05, 0.1) is 6.61 Å². The third kappa shape index (κ3) is 21.1. The van der Waals surface area contributed by atoms with Crippen LogP contribution in [0, 0.1) is 0 Å². The van der Waals surface area contributed by atoms with Crippen LogP contribution in [0.25, 0.3) is 0 Å². The molecule has 1 fully saturated rings. The maximum Gasteiger partial charge on any atom is 0.472 e. The first kappa shape index (κ1) is 45.9. The first-order chi connectivity index (χ1) is 23.4. The van der Waals surface area contributed by atoms with Gasteiger partial charge < -0.3 is 39.9 Å². The molecule has 14 heteroatoms. The van der Waals surface area contributed by atoms with Gasteiger partial charge in [0.1, 0.15) is 43.2 Å². The number of ether oxygens (including phenoxy) is 2. The first-order valence-electron chi connectivity index (χ1n) is 18.8. The summed E-state index contributed by atoms with van der Waals surface area (Å²) in [7, 11) is -5.09. The van der Waals surface area contributed by atoms with Crippen LogP contribution in [0.1, 0.15) is 155 Å². The Morgan fingerprint density at radius 1 is 0.551 bits per heavy atom. The Balaban J connectivity index is 2.55. The number of aliphatic hydroxyl groups excluding tert-OH is 5. The maximum absolute atomic E-state index is 12.7. The number of hydrogen-bond acceptors (Lipinski definition) is 12. The van der Waals surface area contributed by atoms with Crippen molar-refractivity contribution < 1.29 is 63.1 Å². The molecule has 13 nitrogen and oxygen atoms in total. The van der Waals surface area contributed by atoms with Gasteiger partial charge in [0.2, 0.25) is 0 Å². The van der Waals surface area contributed by atoms with Gasteiger partial charge in [-0.15, -0.1) is 0 Å². The van der Waals surface area contributed by atoms with E-state index in [9.17, 15) is 44.6 Å². The molecule has 0 spiro atoms. The molecule has 49 heavy (non-hydrogen) atoms. The van der Waals surface area contributed by atoms with Crippen molar-refractivity contribution in [3.05, 3.63) is 0 Å². The molecule has 1 aliphatic rings. The summed E-state index contributed by atoms with van der Waals surface area (Å²) >= 11 is 0. The molecule has 1 aliphatic carbocycles. The SMILES string of the molecule is CCCCCCCCCCCCCCC(=O)OC(COC(=O)CCCCCCCCCC)COP(=O)(O)OC1C(O)C(O)C(O)C(O)C1O. The van der Waals surface area contributed by atoms with E-state index >= 15 is 0 Å². The Hall–Kier alpha value is -1.15. The van der Waals surface area contributed by atoms with Crippen molar-refractivity contribution in [1.82, 2.24) is 0 Å². The number of esters is 2. The van der Waals surface area contributed by atoms with E-state index in [0.717, 1.165) is 38.5 Å². The Morgan fingerprint density at radius 2 is 0.918 bits per heavy atom. The summed E-state index contributed by atoms with van der Waals surface area (Å²) in [6, 6.07) is 0. The molecular weight excluding hydrogens is 659 g/mol. The molecular formula is C35H67O13P. The molecule has 0 radical (unpaired) electrons. The zero-order chi connectivity index (χ0) is 36.5. The van der Waals surface area contributed by atoms with Crippen LogP contribution < -0.4 is 0 Å². The third-order valence-electron chi connectivity index (χ3n) is 8.95. The molecule has 0 bridgehead atoms. The van der Waals surface area contributed by atoms with Crippen LogP contribution in [0.4, 0.5) is 0 Å². The van der Waals surface area contributed by atoms with Crippen LogP contribution in [0.3, 0.4) is 0 Å². The number of carbonyl (C=O) groups is 2. The zero-order valence-corrected chi connectivity index (χ0v) is 30.9. The summed E-state index contributed by atoms with van der Waals surface area (Å²) in [5.74, 6) is -1.10. The van der Waals surface area contributed by atoms with Gasteiger partial charge in [0, 0.05) is 12.8 Å². The number of unbranched alkanes of at least 4 members (excludes halogenated alkanes) is 18. The van der Waals surface area contributed by atoms with E-state index in [-0.39, 0.29) is 12.8 Å². The van der Waals surface area contributed by atoms with E-state index in [4.69, 9.17) is 18.5 Å². The van der Waals surface area contributed by atoms with Crippen LogP contribution in [0.5, 0.6) is 0 Å². The fourth-order valence-corrected chi connectivity index (χ4v) is 6.79. The summed E-state index contributed by atoms with van der Waals surface area (Å²) in [6.45, 7) is 3.22. The minimum absolute atomic E-state index is 0.103. The standard InChI is InChI=1S/C35H67O13P/c1-3-5-7-9-11-13-14-15-16-18-20-22-24-29(37)47-27(25-45-28(36)23-21-19-17-12-10-8-6-4-2)26-46-49(43,44)48-35-33(41)31(39)30(38)32(40)34(35)42/h27,30-35,38-42H,3-26H2,1-2H3,(H,43,44). The predicted molar refractivity (Wildman–Crippen MR) is 184 cm³/mol. The average molecular weight is 727 g/mol. The van der Waals surface area contributed by atoms with Gasteiger partial charge in [-0.2, -0.15) is 0 Å². The molecule has 0 aliphatic heterocycles. The zero-order valence-electron chi connectivity index (χ0n) is 30.0. The van der Waals surface area contributed by atoms with E-state index in [1.807, 2.05) is 0 Å². The highest BCUT2D eigenvalue weighted by atomic mass is 31.2. The quantitative estimate of drug-likeness (QED) is 0.0312. The number of carbonyl (C=O) groups excluding carboxylic acids is 2. The van der Waals surface area contributed by atoms with Gasteiger partial charge in [-0.1, -0.05) is 129 Å². The van der Waals surface area contributed by atoms with Crippen LogP contribution in [-0.4, -0.2) is 98.3 Å². The molecule has 6 N–H and O–H groups in total. The molecule has 0 aromatic carbocycles. The van der Waals surface area contributed by atoms with E-state index in [1.54, 1.807) is 0 Å². The largest absolute Gasteiger partial charge is 0.472 e. The highest BCUT2D eigenvalue weighted by Gasteiger charge is 2.51. The van der Waals surface area contributed by atoms with Crippen molar-refractivity contribution in [3.8, 4) is 0 Å². The van der Waals surface area contributed by atoms with Crippen molar-refractivity contribution in [2.24, 2.45) is 0 Å². The summed E-state index contributed by atoms with van der Waals surface area (Å²) in [5, 5.41) is 49.8. The first-order valence-corrected chi connectivity index (χ1v) is 20.3. The van der Waals surface area contributed by atoms with Gasteiger partial charge in [-0.3, -0.25) is 18.6 Å². The summed E-state index contributed by atoms with van der Waals surface area (Å²) < 4.78 is 33.2. The lowest BCUT2D eigenvalue weighted by molar-refractivity contribution is -0.220. The van der Waals surface area contributed by atoms with Gasteiger partial charge in [-0.05, 0) is 12.8 Å². The Morgan fingerprint density at radius 3 is 1.35 bits per heavy atom. The fraction of sp³-hybridized carbons (Fsp3) is 0.943. The molecule has 1 rings (SSSR count). The lowest BCUT2D eigenvalue weighted by Gasteiger charge is -2.41. The maximum atomic E-state index is 12.7. The molecule has 0 heterocycles. The van der Waals surface area contributed by atoms with Crippen molar-refractivity contribution in [3.63, 3.8) is 0 Å². The molecule has 0 amide bonds. The normalized spacial score (nSPS) is 24.3. The van der Waals surface area contributed by atoms with Gasteiger partial charge >= 0.3 is 19.8 Å². The van der Waals surface area contributed by atoms with Crippen molar-refractivity contribution in [2.45, 2.75) is 198 Å². The fourth-order valence-electron chi connectivity index (χ4n) is 5.82. The second-order valence-electron chi connectivity index (χ2n) is 13.4. The van der Waals surface area contributed by atoms with E-state index in [1.165, 1.54) is 77.0 Å². The van der Waals surface area contributed by atoms with Crippen LogP contribution in [-0.2, 0) is 32.7 Å². The number of phosphoric acid groups is 1. The highest BCUT2D eigenvalue weighted by Crippen LogP contribution is 2.47. The summed E-state index contributed by atoms with van der Waals surface area (Å²) in [4.78, 5) is 35.3. The van der Waals surface area contributed by atoms with E-state index in [0.29, 0.717) is 12.8 Å². The molecule has 0 aromatic rings. The van der Waals surface area contributed by atoms with Crippen LogP contribution in [0.2, 0.25) is 0 Å². The Labute approximate surface area is 293 Å². The van der Waals surface area contributed by atoms with Crippen LogP contribution in [0.15, 0.2) is 0 Å². The number of phosphoric ester groups is 1. The molecule has 0 aromatic heterocycles. The predicted octanol–water partition coefficient (Wildman–Crippen LogP) is 5.38. The second-order valence-corrected chi connectivity index (χ2v) is 14.9. The van der Waals surface area contributed by atoms with Gasteiger partial charge in [0.25, 0.3) is 0 Å². The van der Waals surface area contributed by atoms with Crippen molar-refractivity contribution in [1.29, 1.82) is 0 Å². The van der Waals surface area contributed by atoms with Gasteiger partial charge in [-0.25, -0.2) is 4.57 Å². The molecule has 1 saturated carbocycles. The minimum Gasteiger partial charge on any atom is -0.462 e. The Kier molecular flexibility index (Phi) is 25.7. The topological polar surface area (TPSA) is 210 Å². The lowest BCUT2D eigenvalue weighted by atomic mass is 9.85. The summed E-state index contributed by atoms with van der Waals surface area (Å²) in [6.07, 6.45) is 9.17. The summed E-state index contributed by atoms with van der Waals surface area (Å²) in [5.41, 5.74) is 0. The number of rotatable bonds is 30. The van der Waals surface area contributed by atoms with E-state index < -0.39 is 75.7 Å². The smallest absolute Gasteiger partial charge is 0.462 e.